The van der Waals surface area contributed by atoms with E-state index in [1.54, 1.807) is 35.4 Å². The molecule has 31 heavy (non-hydrogen) atoms. The van der Waals surface area contributed by atoms with Crippen LogP contribution in [0.3, 0.4) is 0 Å². The quantitative estimate of drug-likeness (QED) is 0.510. The Bertz CT molecular complexity index is 1060. The van der Waals surface area contributed by atoms with Gasteiger partial charge < -0.3 is 10.2 Å². The van der Waals surface area contributed by atoms with Gasteiger partial charge >= 0.3 is 0 Å². The molecule has 0 bridgehead atoms. The molecular weight excluding hydrogens is 430 g/mol. The summed E-state index contributed by atoms with van der Waals surface area (Å²) in [5.74, 6) is 0.430. The summed E-state index contributed by atoms with van der Waals surface area (Å²) in [6.07, 6.45) is 4.71. The molecule has 2 aromatic heterocycles. The molecule has 2 amide bonds. The van der Waals surface area contributed by atoms with Crippen LogP contribution in [0.1, 0.15) is 35.7 Å². The van der Waals surface area contributed by atoms with Crippen LogP contribution in [0.5, 0.6) is 0 Å². The normalized spacial score (nSPS) is 13.1. The number of halogens is 1. The van der Waals surface area contributed by atoms with Gasteiger partial charge in [-0.2, -0.15) is 11.3 Å². The Hall–Kier alpha value is -2.70. The number of pyridine rings is 1. The van der Waals surface area contributed by atoms with Gasteiger partial charge in [0.05, 0.1) is 22.0 Å². The van der Waals surface area contributed by atoms with E-state index >= 15 is 0 Å². The molecule has 1 aromatic carbocycles. The minimum absolute atomic E-state index is 0.00552. The molecule has 1 aliphatic rings. The second kappa shape index (κ2) is 9.62. The number of thiophene rings is 1. The summed E-state index contributed by atoms with van der Waals surface area (Å²) in [4.78, 5) is 30.6. The predicted molar refractivity (Wildman–Crippen MR) is 126 cm³/mol. The summed E-state index contributed by atoms with van der Waals surface area (Å²) in [6, 6.07) is 11.2. The number of carbonyl (C=O) groups is 2. The van der Waals surface area contributed by atoms with Gasteiger partial charge in [0.25, 0.3) is 5.91 Å². The molecular formula is C24H24ClN3O2S. The first-order chi connectivity index (χ1) is 15.0. The third-order valence-corrected chi connectivity index (χ3v) is 6.39. The van der Waals surface area contributed by atoms with E-state index in [9.17, 15) is 9.59 Å². The highest BCUT2D eigenvalue weighted by Gasteiger charge is 2.27. The smallest absolute Gasteiger partial charge is 0.252 e. The van der Waals surface area contributed by atoms with Crippen molar-refractivity contribution >= 4 is 40.4 Å². The van der Waals surface area contributed by atoms with Gasteiger partial charge in [0, 0.05) is 31.8 Å². The van der Waals surface area contributed by atoms with Crippen molar-refractivity contribution in [3.8, 4) is 11.3 Å². The summed E-state index contributed by atoms with van der Waals surface area (Å²) in [7, 11) is 0. The van der Waals surface area contributed by atoms with Crippen molar-refractivity contribution in [1.29, 1.82) is 0 Å². The van der Waals surface area contributed by atoms with E-state index in [0.717, 1.165) is 36.2 Å². The van der Waals surface area contributed by atoms with Gasteiger partial charge in [-0.15, -0.1) is 0 Å². The molecule has 0 aliphatic heterocycles. The van der Waals surface area contributed by atoms with E-state index in [1.807, 2.05) is 29.6 Å². The molecule has 1 fully saturated rings. The van der Waals surface area contributed by atoms with E-state index in [2.05, 4.69) is 21.7 Å². The second-order valence-electron chi connectivity index (χ2n) is 7.81. The number of hydrogen-bond acceptors (Lipinski definition) is 4. The van der Waals surface area contributed by atoms with Gasteiger partial charge in [0.2, 0.25) is 5.91 Å². The molecule has 160 valence electrons. The topological polar surface area (TPSA) is 62.3 Å². The van der Waals surface area contributed by atoms with Gasteiger partial charge in [-0.25, -0.2) is 0 Å². The van der Waals surface area contributed by atoms with Crippen LogP contribution in [0.25, 0.3) is 11.3 Å². The maximum atomic E-state index is 12.3. The summed E-state index contributed by atoms with van der Waals surface area (Å²) in [6.45, 7) is 2.86. The molecule has 0 unspecified atom stereocenters. The first-order valence-electron chi connectivity index (χ1n) is 10.3. The Balaban J connectivity index is 1.41. The molecule has 5 nitrogen and oxygen atoms in total. The van der Waals surface area contributed by atoms with Crippen LogP contribution < -0.4 is 10.2 Å². The predicted octanol–water partition coefficient (Wildman–Crippen LogP) is 5.20. The maximum Gasteiger partial charge on any atom is 0.252 e. The van der Waals surface area contributed by atoms with Gasteiger partial charge in [-0.3, -0.25) is 14.6 Å². The monoisotopic (exact) mass is 453 g/mol. The lowest BCUT2D eigenvalue weighted by Gasteiger charge is -2.22. The first kappa shape index (κ1) is 21.5. The van der Waals surface area contributed by atoms with E-state index in [1.165, 1.54) is 5.56 Å². The van der Waals surface area contributed by atoms with Crippen molar-refractivity contribution in [2.45, 2.75) is 26.2 Å². The molecule has 2 heterocycles. The van der Waals surface area contributed by atoms with Gasteiger partial charge in [0.15, 0.2) is 0 Å². The van der Waals surface area contributed by atoms with Crippen LogP contribution in [-0.2, 0) is 11.2 Å². The summed E-state index contributed by atoms with van der Waals surface area (Å²) in [5, 5.41) is 7.56. The second-order valence-corrected chi connectivity index (χ2v) is 9.00. The van der Waals surface area contributed by atoms with E-state index in [-0.39, 0.29) is 11.8 Å². The number of nitrogens with one attached hydrogen (secondary N) is 1. The van der Waals surface area contributed by atoms with E-state index in [4.69, 9.17) is 11.6 Å². The van der Waals surface area contributed by atoms with E-state index < -0.39 is 0 Å². The molecule has 0 atom stereocenters. The molecule has 1 saturated carbocycles. The van der Waals surface area contributed by atoms with E-state index in [0.29, 0.717) is 29.6 Å². The fraction of sp³-hybridized carbons (Fsp3) is 0.292. The Kier molecular flexibility index (Phi) is 6.68. The molecule has 7 heteroatoms. The largest absolute Gasteiger partial charge is 0.352 e. The fourth-order valence-electron chi connectivity index (χ4n) is 3.40. The first-order valence-corrected chi connectivity index (χ1v) is 11.7. The minimum Gasteiger partial charge on any atom is -0.352 e. The van der Waals surface area contributed by atoms with Crippen LogP contribution >= 0.6 is 22.9 Å². The zero-order valence-corrected chi connectivity index (χ0v) is 18.9. The number of nitrogens with zero attached hydrogens (tertiary/aromatic N) is 2. The van der Waals surface area contributed by atoms with Crippen LogP contribution in [0.15, 0.2) is 53.4 Å². The van der Waals surface area contributed by atoms with Crippen molar-refractivity contribution < 1.29 is 9.59 Å². The molecule has 0 saturated heterocycles. The van der Waals surface area contributed by atoms with Gasteiger partial charge in [0.1, 0.15) is 0 Å². The maximum absolute atomic E-state index is 12.3. The molecule has 1 aliphatic carbocycles. The Morgan fingerprint density at radius 1 is 1.23 bits per heavy atom. The van der Waals surface area contributed by atoms with Crippen molar-refractivity contribution in [3.63, 3.8) is 0 Å². The number of anilines is 1. The Morgan fingerprint density at radius 2 is 2.06 bits per heavy atom. The number of benzene rings is 1. The number of aromatic nitrogens is 1. The SMILES string of the molecule is CC(=O)N(CC1CC1)c1ccc(-c2ccc(C(=O)NCCc3ccsc3)cn2)cc1Cl. The van der Waals surface area contributed by atoms with Crippen molar-refractivity contribution in [2.75, 3.05) is 18.0 Å². The van der Waals surface area contributed by atoms with Crippen molar-refractivity contribution in [2.24, 2.45) is 5.92 Å². The minimum atomic E-state index is -0.139. The molecule has 0 spiro atoms. The summed E-state index contributed by atoms with van der Waals surface area (Å²) < 4.78 is 0. The summed E-state index contributed by atoms with van der Waals surface area (Å²) >= 11 is 8.17. The standard InChI is InChI=1S/C24H24ClN3O2S/c1-16(29)28(14-17-2-3-17)23-7-5-19(12-21(23)25)22-6-4-20(13-27-22)24(30)26-10-8-18-9-11-31-15-18/h4-7,9,11-13,15,17H,2-3,8,10,14H2,1H3,(H,26,30). The lowest BCUT2D eigenvalue weighted by molar-refractivity contribution is -0.116. The van der Waals surface area contributed by atoms with Crippen molar-refractivity contribution in [1.82, 2.24) is 10.3 Å². The Morgan fingerprint density at radius 3 is 2.68 bits per heavy atom. The van der Waals surface area contributed by atoms with Gasteiger partial charge in [-0.1, -0.05) is 17.7 Å². The molecule has 1 N–H and O–H groups in total. The highest BCUT2D eigenvalue weighted by atomic mass is 35.5. The lowest BCUT2D eigenvalue weighted by Crippen LogP contribution is -2.30. The third-order valence-electron chi connectivity index (χ3n) is 5.36. The zero-order chi connectivity index (χ0) is 21.8. The highest BCUT2D eigenvalue weighted by Crippen LogP contribution is 2.35. The average Bonchev–Trinajstić information content (AvgIpc) is 3.44. The lowest BCUT2D eigenvalue weighted by atomic mass is 10.1. The molecule has 4 rings (SSSR count). The number of amides is 2. The number of rotatable bonds is 8. The molecule has 3 aromatic rings. The van der Waals surface area contributed by atoms with Crippen LogP contribution in [0.4, 0.5) is 5.69 Å². The van der Waals surface area contributed by atoms with Crippen LogP contribution in [-0.4, -0.2) is 29.9 Å². The number of hydrogen-bond donors (Lipinski definition) is 1. The fourth-order valence-corrected chi connectivity index (χ4v) is 4.38. The average molecular weight is 454 g/mol. The van der Waals surface area contributed by atoms with Gasteiger partial charge in [-0.05, 0) is 71.8 Å². The summed E-state index contributed by atoms with van der Waals surface area (Å²) in [5.41, 5.74) is 4.03. The van der Waals surface area contributed by atoms with Crippen LogP contribution in [0, 0.1) is 5.92 Å². The number of carbonyl (C=O) groups excluding carboxylic acids is 2. The zero-order valence-electron chi connectivity index (χ0n) is 17.3. The molecule has 0 radical (unpaired) electrons. The van der Waals surface area contributed by atoms with Crippen LogP contribution in [0.2, 0.25) is 5.02 Å². The third kappa shape index (κ3) is 5.51. The van der Waals surface area contributed by atoms with Crippen molar-refractivity contribution in [3.05, 3.63) is 69.5 Å². The highest BCUT2D eigenvalue weighted by molar-refractivity contribution is 7.07. The Labute approximate surface area is 191 Å².